The molecule has 0 fully saturated rings. The van der Waals surface area contributed by atoms with Crippen LogP contribution in [0.2, 0.25) is 5.02 Å². The van der Waals surface area contributed by atoms with E-state index >= 15 is 0 Å². The molecule has 1 unspecified atom stereocenters. The van der Waals surface area contributed by atoms with Gasteiger partial charge in [0.05, 0.1) is 16.7 Å². The lowest BCUT2D eigenvalue weighted by molar-refractivity contribution is 0.0943. The van der Waals surface area contributed by atoms with Crippen LogP contribution < -0.4 is 5.32 Å². The van der Waals surface area contributed by atoms with E-state index in [1.54, 1.807) is 18.2 Å². The van der Waals surface area contributed by atoms with Gasteiger partial charge in [-0.05, 0) is 47.0 Å². The van der Waals surface area contributed by atoms with E-state index in [4.69, 9.17) is 11.6 Å². The number of aliphatic hydroxyl groups excluding tert-OH is 1. The predicted molar refractivity (Wildman–Crippen MR) is 85.4 cm³/mol. The number of carbonyl (C=O) groups excluding carboxylic acids is 1. The van der Waals surface area contributed by atoms with Gasteiger partial charge in [0.15, 0.2) is 0 Å². The summed E-state index contributed by atoms with van der Waals surface area (Å²) in [6, 6.07) is 7.00. The Bertz CT molecular complexity index is 589. The Morgan fingerprint density at radius 1 is 1.45 bits per heavy atom. The van der Waals surface area contributed by atoms with E-state index in [0.29, 0.717) is 23.6 Å². The minimum atomic E-state index is -0.556. The minimum absolute atomic E-state index is 0.242. The lowest BCUT2D eigenvalue weighted by Crippen LogP contribution is -2.25. The lowest BCUT2D eigenvalue weighted by Gasteiger charge is -2.10. The number of carbonyl (C=O) groups is 1. The van der Waals surface area contributed by atoms with E-state index in [2.05, 4.69) is 21.2 Å². The second-order valence-electron chi connectivity index (χ2n) is 4.24. The molecule has 20 heavy (non-hydrogen) atoms. The predicted octanol–water partition coefficient (Wildman–Crippen LogP) is 4.02. The van der Waals surface area contributed by atoms with Crippen LogP contribution in [0.5, 0.6) is 0 Å². The zero-order valence-corrected chi connectivity index (χ0v) is 13.6. The molecule has 6 heteroatoms. The molecule has 2 N–H and O–H groups in total. The molecule has 0 aliphatic rings. The van der Waals surface area contributed by atoms with Gasteiger partial charge in [-0.25, -0.2) is 0 Å². The summed E-state index contributed by atoms with van der Waals surface area (Å²) in [5.41, 5.74) is 1.30. The maximum Gasteiger partial charge on any atom is 0.252 e. The molecule has 0 saturated carbocycles. The number of benzene rings is 1. The number of amides is 1. The standard InChI is InChI=1S/C14H13BrClNO2S/c15-10-1-2-12(16)11(7-10)14(19)17-5-3-13(18)9-4-6-20-8-9/h1-2,4,6-8,13,18H,3,5H2,(H,17,19). The van der Waals surface area contributed by atoms with Crippen molar-refractivity contribution in [2.24, 2.45) is 0 Å². The van der Waals surface area contributed by atoms with E-state index in [-0.39, 0.29) is 5.91 Å². The highest BCUT2D eigenvalue weighted by molar-refractivity contribution is 9.10. The van der Waals surface area contributed by atoms with Crippen LogP contribution in [-0.2, 0) is 0 Å². The van der Waals surface area contributed by atoms with E-state index in [9.17, 15) is 9.90 Å². The number of aliphatic hydroxyl groups is 1. The Morgan fingerprint density at radius 3 is 2.95 bits per heavy atom. The van der Waals surface area contributed by atoms with Crippen LogP contribution in [0.25, 0.3) is 0 Å². The third-order valence-electron chi connectivity index (χ3n) is 2.80. The van der Waals surface area contributed by atoms with Gasteiger partial charge in [-0.2, -0.15) is 11.3 Å². The van der Waals surface area contributed by atoms with Crippen molar-refractivity contribution in [1.82, 2.24) is 5.32 Å². The Kier molecular flexibility index (Phi) is 5.60. The Hall–Kier alpha value is -0.880. The summed E-state index contributed by atoms with van der Waals surface area (Å²) in [7, 11) is 0. The fourth-order valence-corrected chi connectivity index (χ4v) is 2.99. The van der Waals surface area contributed by atoms with Crippen molar-refractivity contribution in [2.45, 2.75) is 12.5 Å². The van der Waals surface area contributed by atoms with Gasteiger partial charge >= 0.3 is 0 Å². The van der Waals surface area contributed by atoms with Gasteiger partial charge in [0.1, 0.15) is 0 Å². The number of hydrogen-bond donors (Lipinski definition) is 2. The van der Waals surface area contributed by atoms with Crippen LogP contribution in [-0.4, -0.2) is 17.6 Å². The topological polar surface area (TPSA) is 49.3 Å². The molecule has 2 rings (SSSR count). The third-order valence-corrected chi connectivity index (χ3v) is 4.33. The molecule has 3 nitrogen and oxygen atoms in total. The molecule has 0 aliphatic heterocycles. The molecule has 0 saturated heterocycles. The highest BCUT2D eigenvalue weighted by Gasteiger charge is 2.12. The average molecular weight is 375 g/mol. The lowest BCUT2D eigenvalue weighted by atomic mass is 10.1. The number of rotatable bonds is 5. The summed E-state index contributed by atoms with van der Waals surface area (Å²) in [5, 5.41) is 16.9. The zero-order valence-electron chi connectivity index (χ0n) is 10.5. The summed E-state index contributed by atoms with van der Waals surface area (Å²) in [6.07, 6.45) is -0.0896. The molecule has 1 amide bonds. The number of halogens is 2. The van der Waals surface area contributed by atoms with Gasteiger partial charge < -0.3 is 10.4 Å². The quantitative estimate of drug-likeness (QED) is 0.830. The highest BCUT2D eigenvalue weighted by atomic mass is 79.9. The summed E-state index contributed by atoms with van der Waals surface area (Å²) < 4.78 is 0.797. The maximum atomic E-state index is 12.0. The number of hydrogen-bond acceptors (Lipinski definition) is 3. The van der Waals surface area contributed by atoms with Crippen LogP contribution in [0.15, 0.2) is 39.5 Å². The zero-order chi connectivity index (χ0) is 14.5. The molecule has 106 valence electrons. The monoisotopic (exact) mass is 373 g/mol. The van der Waals surface area contributed by atoms with Crippen molar-refractivity contribution in [2.75, 3.05) is 6.54 Å². The molecule has 1 aromatic carbocycles. The van der Waals surface area contributed by atoms with E-state index < -0.39 is 6.10 Å². The van der Waals surface area contributed by atoms with Gasteiger partial charge in [-0.15, -0.1) is 0 Å². The van der Waals surface area contributed by atoms with E-state index in [1.807, 2.05) is 16.8 Å². The van der Waals surface area contributed by atoms with E-state index in [0.717, 1.165) is 10.0 Å². The SMILES string of the molecule is O=C(NCCC(O)c1ccsc1)c1cc(Br)ccc1Cl. The first-order valence-corrected chi connectivity index (χ1v) is 8.12. The van der Waals surface area contributed by atoms with Gasteiger partial charge in [0, 0.05) is 11.0 Å². The van der Waals surface area contributed by atoms with Crippen molar-refractivity contribution in [1.29, 1.82) is 0 Å². The first-order valence-electron chi connectivity index (χ1n) is 6.01. The first kappa shape index (κ1) is 15.5. The molecule has 1 heterocycles. The van der Waals surface area contributed by atoms with Gasteiger partial charge in [-0.3, -0.25) is 4.79 Å². The summed E-state index contributed by atoms with van der Waals surface area (Å²) >= 11 is 10.8. The average Bonchev–Trinajstić information content (AvgIpc) is 2.95. The fraction of sp³-hybridized carbons (Fsp3) is 0.214. The van der Waals surface area contributed by atoms with Crippen LogP contribution in [0.1, 0.15) is 28.4 Å². The van der Waals surface area contributed by atoms with Crippen LogP contribution in [0.4, 0.5) is 0 Å². The van der Waals surface area contributed by atoms with Crippen molar-refractivity contribution in [3.8, 4) is 0 Å². The molecule has 0 aliphatic carbocycles. The summed E-state index contributed by atoms with van der Waals surface area (Å²) in [5.74, 6) is -0.242. The minimum Gasteiger partial charge on any atom is -0.388 e. The number of thiophene rings is 1. The molecule has 0 spiro atoms. The fourth-order valence-electron chi connectivity index (χ4n) is 1.72. The normalized spacial score (nSPS) is 12.2. The second kappa shape index (κ2) is 7.22. The van der Waals surface area contributed by atoms with Crippen molar-refractivity contribution in [3.63, 3.8) is 0 Å². The first-order chi connectivity index (χ1) is 9.58. The molecular weight excluding hydrogens is 362 g/mol. The summed E-state index contributed by atoms with van der Waals surface area (Å²) in [6.45, 7) is 0.388. The molecule has 0 radical (unpaired) electrons. The third kappa shape index (κ3) is 4.06. The van der Waals surface area contributed by atoms with Gasteiger partial charge in [-0.1, -0.05) is 27.5 Å². The molecular formula is C14H13BrClNO2S. The van der Waals surface area contributed by atoms with Crippen LogP contribution in [0, 0.1) is 0 Å². The number of nitrogens with one attached hydrogen (secondary N) is 1. The Labute approximate surface area is 134 Å². The molecule has 1 atom stereocenters. The smallest absolute Gasteiger partial charge is 0.252 e. The largest absolute Gasteiger partial charge is 0.388 e. The van der Waals surface area contributed by atoms with Gasteiger partial charge in [0.25, 0.3) is 5.91 Å². The molecule has 2 aromatic rings. The molecule has 0 bridgehead atoms. The van der Waals surface area contributed by atoms with Crippen LogP contribution in [0.3, 0.4) is 0 Å². The van der Waals surface area contributed by atoms with Crippen LogP contribution >= 0.6 is 38.9 Å². The van der Waals surface area contributed by atoms with Crippen molar-refractivity contribution < 1.29 is 9.90 Å². The molecule has 1 aromatic heterocycles. The second-order valence-corrected chi connectivity index (χ2v) is 6.34. The van der Waals surface area contributed by atoms with Gasteiger partial charge in [0.2, 0.25) is 0 Å². The Morgan fingerprint density at radius 2 is 2.25 bits per heavy atom. The summed E-state index contributed by atoms with van der Waals surface area (Å²) in [4.78, 5) is 12.0. The highest BCUT2D eigenvalue weighted by Crippen LogP contribution is 2.21. The van der Waals surface area contributed by atoms with Crippen molar-refractivity contribution in [3.05, 3.63) is 55.6 Å². The maximum absolute atomic E-state index is 12.0. The Balaban J connectivity index is 1.88. The van der Waals surface area contributed by atoms with Crippen molar-refractivity contribution >= 4 is 44.8 Å². The van der Waals surface area contributed by atoms with E-state index in [1.165, 1.54) is 11.3 Å².